The molecule has 0 saturated carbocycles. The Morgan fingerprint density at radius 2 is 2.03 bits per heavy atom. The average Bonchev–Trinajstić information content (AvgIpc) is 3.14. The van der Waals surface area contributed by atoms with Gasteiger partial charge in [-0.25, -0.2) is 4.68 Å². The summed E-state index contributed by atoms with van der Waals surface area (Å²) in [5.41, 5.74) is 0.139. The van der Waals surface area contributed by atoms with Crippen molar-refractivity contribution in [1.82, 2.24) is 9.78 Å². The highest BCUT2D eigenvalue weighted by atomic mass is 35.5. The van der Waals surface area contributed by atoms with E-state index in [1.165, 1.54) is 12.1 Å². The van der Waals surface area contributed by atoms with Crippen LogP contribution in [0.3, 0.4) is 0 Å². The van der Waals surface area contributed by atoms with Crippen molar-refractivity contribution in [1.29, 1.82) is 0 Å². The minimum atomic E-state index is -2.89. The van der Waals surface area contributed by atoms with Crippen molar-refractivity contribution in [3.05, 3.63) is 75.1 Å². The van der Waals surface area contributed by atoms with Gasteiger partial charge in [-0.2, -0.15) is 13.9 Å². The lowest BCUT2D eigenvalue weighted by Crippen LogP contribution is -2.13. The molecule has 0 radical (unpaired) electrons. The van der Waals surface area contributed by atoms with Crippen LogP contribution in [-0.4, -0.2) is 20.6 Å². The second-order valence-corrected chi connectivity index (χ2v) is 6.33. The van der Waals surface area contributed by atoms with Crippen LogP contribution in [0.25, 0.3) is 0 Å². The number of rotatable bonds is 6. The predicted molar refractivity (Wildman–Crippen MR) is 101 cm³/mol. The summed E-state index contributed by atoms with van der Waals surface area (Å²) in [5.74, 6) is -0.292. The lowest BCUT2D eigenvalue weighted by atomic mass is 10.2. The molecule has 0 atom stereocenters. The molecule has 0 saturated heterocycles. The molecule has 1 heterocycles. The summed E-state index contributed by atoms with van der Waals surface area (Å²) in [4.78, 5) is 22.8. The van der Waals surface area contributed by atoms with Crippen LogP contribution < -0.4 is 10.1 Å². The molecule has 0 spiro atoms. The zero-order valence-corrected chi connectivity index (χ0v) is 15.6. The summed E-state index contributed by atoms with van der Waals surface area (Å²) in [5, 5.41) is 17.6. The van der Waals surface area contributed by atoms with Gasteiger partial charge in [-0.1, -0.05) is 11.6 Å². The predicted octanol–water partition coefficient (Wildman–Crippen LogP) is 5.19. The summed E-state index contributed by atoms with van der Waals surface area (Å²) < 4.78 is 31.2. The molecule has 2 aromatic carbocycles. The number of aryl methyl sites for hydroxylation is 1. The Morgan fingerprint density at radius 1 is 1.28 bits per heavy atom. The molecule has 29 heavy (non-hydrogen) atoms. The van der Waals surface area contributed by atoms with Crippen molar-refractivity contribution in [3.8, 4) is 11.5 Å². The number of nitro groups is 1. The van der Waals surface area contributed by atoms with Gasteiger partial charge in [-0.05, 0) is 36.8 Å². The van der Waals surface area contributed by atoms with Crippen molar-refractivity contribution < 1.29 is 23.2 Å². The fourth-order valence-corrected chi connectivity index (χ4v) is 2.66. The number of hydrogen-bond acceptors (Lipinski definition) is 5. The summed E-state index contributed by atoms with van der Waals surface area (Å²) in [6, 6.07) is 9.64. The molecule has 3 aromatic rings. The van der Waals surface area contributed by atoms with Crippen LogP contribution >= 0.6 is 11.6 Å². The Hall–Kier alpha value is -3.53. The minimum absolute atomic E-state index is 0.0393. The van der Waals surface area contributed by atoms with Crippen LogP contribution in [0.2, 0.25) is 5.02 Å². The first-order valence-electron chi connectivity index (χ1n) is 8.11. The SMILES string of the molecule is Cc1cc(Cl)ccc1Oc1cc(NC(=O)c2ccn(C(F)F)n2)cc([N+](=O)[O-])c1. The first kappa shape index (κ1) is 20.2. The van der Waals surface area contributed by atoms with Gasteiger partial charge >= 0.3 is 6.55 Å². The molecule has 150 valence electrons. The smallest absolute Gasteiger partial charge is 0.333 e. The normalized spacial score (nSPS) is 10.8. The fourth-order valence-electron chi connectivity index (χ4n) is 2.44. The third-order valence-electron chi connectivity index (χ3n) is 3.77. The molecule has 8 nitrogen and oxygen atoms in total. The maximum atomic E-state index is 12.6. The van der Waals surface area contributed by atoms with E-state index in [-0.39, 0.29) is 22.8 Å². The van der Waals surface area contributed by atoms with Gasteiger partial charge in [0.25, 0.3) is 11.6 Å². The van der Waals surface area contributed by atoms with Crippen molar-refractivity contribution in [3.63, 3.8) is 0 Å². The molecule has 0 fully saturated rings. The standard InChI is InChI=1S/C18H13ClF2N4O4/c1-10-6-11(19)2-3-16(10)29-14-8-12(7-13(9-14)25(27)28)22-17(26)15-4-5-24(23-15)18(20)21/h2-9,18H,1H3,(H,22,26). The number of alkyl halides is 2. The highest BCUT2D eigenvalue weighted by molar-refractivity contribution is 6.30. The molecule has 0 aliphatic heterocycles. The van der Waals surface area contributed by atoms with Crippen LogP contribution in [0.15, 0.2) is 48.7 Å². The van der Waals surface area contributed by atoms with E-state index in [4.69, 9.17) is 16.3 Å². The molecule has 1 aromatic heterocycles. The Kier molecular flexibility index (Phi) is 5.74. The quantitative estimate of drug-likeness (QED) is 0.435. The van der Waals surface area contributed by atoms with Gasteiger partial charge in [0.05, 0.1) is 16.7 Å². The minimum Gasteiger partial charge on any atom is -0.457 e. The highest BCUT2D eigenvalue weighted by Crippen LogP contribution is 2.32. The van der Waals surface area contributed by atoms with Crippen LogP contribution in [0.1, 0.15) is 22.6 Å². The number of nitrogens with zero attached hydrogens (tertiary/aromatic N) is 3. The van der Waals surface area contributed by atoms with Gasteiger partial charge in [-0.3, -0.25) is 14.9 Å². The Balaban J connectivity index is 1.88. The van der Waals surface area contributed by atoms with E-state index < -0.39 is 17.4 Å². The Bertz CT molecular complexity index is 1090. The number of aromatic nitrogens is 2. The van der Waals surface area contributed by atoms with E-state index in [9.17, 15) is 23.7 Å². The number of carbonyl (C=O) groups excluding carboxylic acids is 1. The zero-order chi connectivity index (χ0) is 21.1. The molecule has 0 bridgehead atoms. The largest absolute Gasteiger partial charge is 0.457 e. The number of amides is 1. The van der Waals surface area contributed by atoms with Gasteiger partial charge in [0, 0.05) is 23.4 Å². The number of nitro benzene ring substituents is 1. The Morgan fingerprint density at radius 3 is 2.66 bits per heavy atom. The monoisotopic (exact) mass is 422 g/mol. The van der Waals surface area contributed by atoms with Crippen LogP contribution in [0.4, 0.5) is 20.2 Å². The second kappa shape index (κ2) is 8.23. The molecule has 1 N–H and O–H groups in total. The molecule has 0 unspecified atom stereocenters. The molecule has 0 aliphatic rings. The average molecular weight is 423 g/mol. The fraction of sp³-hybridized carbons (Fsp3) is 0.111. The van der Waals surface area contributed by atoms with E-state index in [0.717, 1.165) is 18.3 Å². The van der Waals surface area contributed by atoms with Crippen molar-refractivity contribution >= 4 is 28.9 Å². The van der Waals surface area contributed by atoms with E-state index in [1.807, 2.05) is 0 Å². The molecular weight excluding hydrogens is 410 g/mol. The maximum absolute atomic E-state index is 12.6. The van der Waals surface area contributed by atoms with E-state index >= 15 is 0 Å². The third kappa shape index (κ3) is 4.85. The first-order chi connectivity index (χ1) is 13.7. The summed E-state index contributed by atoms with van der Waals surface area (Å²) in [6.07, 6.45) is 0.949. The van der Waals surface area contributed by atoms with Crippen LogP contribution in [0.5, 0.6) is 11.5 Å². The maximum Gasteiger partial charge on any atom is 0.333 e. The molecule has 1 amide bonds. The second-order valence-electron chi connectivity index (χ2n) is 5.90. The molecule has 3 rings (SSSR count). The lowest BCUT2D eigenvalue weighted by molar-refractivity contribution is -0.384. The highest BCUT2D eigenvalue weighted by Gasteiger charge is 2.17. The number of hydrogen-bond donors (Lipinski definition) is 1. The topological polar surface area (TPSA) is 99.3 Å². The van der Waals surface area contributed by atoms with E-state index in [1.54, 1.807) is 25.1 Å². The molecular formula is C18H13ClF2N4O4. The number of halogens is 3. The molecule has 11 heteroatoms. The molecule has 0 aliphatic carbocycles. The first-order valence-corrected chi connectivity index (χ1v) is 8.49. The Labute approximate surface area is 167 Å². The van der Waals surface area contributed by atoms with E-state index in [0.29, 0.717) is 21.0 Å². The van der Waals surface area contributed by atoms with Gasteiger partial charge in [0.2, 0.25) is 0 Å². The summed E-state index contributed by atoms with van der Waals surface area (Å²) >= 11 is 5.90. The number of ether oxygens (including phenoxy) is 1. The summed E-state index contributed by atoms with van der Waals surface area (Å²) in [7, 11) is 0. The van der Waals surface area contributed by atoms with E-state index in [2.05, 4.69) is 10.4 Å². The summed E-state index contributed by atoms with van der Waals surface area (Å²) in [6.45, 7) is -1.14. The van der Waals surface area contributed by atoms with Gasteiger partial charge in [0.1, 0.15) is 11.5 Å². The van der Waals surface area contributed by atoms with Crippen molar-refractivity contribution in [2.75, 3.05) is 5.32 Å². The van der Waals surface area contributed by atoms with Crippen LogP contribution in [0, 0.1) is 17.0 Å². The van der Waals surface area contributed by atoms with Gasteiger partial charge in [-0.15, -0.1) is 0 Å². The number of benzene rings is 2. The zero-order valence-electron chi connectivity index (χ0n) is 14.8. The number of carbonyl (C=O) groups is 1. The van der Waals surface area contributed by atoms with Gasteiger partial charge in [0.15, 0.2) is 5.69 Å². The lowest BCUT2D eigenvalue weighted by Gasteiger charge is -2.11. The van der Waals surface area contributed by atoms with Gasteiger partial charge < -0.3 is 10.1 Å². The van der Waals surface area contributed by atoms with Crippen molar-refractivity contribution in [2.45, 2.75) is 13.5 Å². The number of nitrogens with one attached hydrogen (secondary N) is 1. The van der Waals surface area contributed by atoms with Crippen LogP contribution in [-0.2, 0) is 0 Å². The third-order valence-corrected chi connectivity index (χ3v) is 4.00. The number of non-ortho nitro benzene ring substituents is 1. The van der Waals surface area contributed by atoms with Crippen molar-refractivity contribution in [2.24, 2.45) is 0 Å². The number of anilines is 1.